The predicted octanol–water partition coefficient (Wildman–Crippen LogP) is 1.84. The molecule has 1 heterocycles. The highest BCUT2D eigenvalue weighted by atomic mass is 16.1. The summed E-state index contributed by atoms with van der Waals surface area (Å²) in [6.45, 7) is 4.65. The fraction of sp³-hybridized carbons (Fsp3) is 0.800. The first-order chi connectivity index (χ1) is 9.29. The van der Waals surface area contributed by atoms with Gasteiger partial charge >= 0.3 is 5.69 Å². The summed E-state index contributed by atoms with van der Waals surface area (Å²) in [5.41, 5.74) is 0.137. The lowest BCUT2D eigenvalue weighted by Gasteiger charge is -2.17. The van der Waals surface area contributed by atoms with Gasteiger partial charge in [-0.3, -0.25) is 9.13 Å². The van der Waals surface area contributed by atoms with Gasteiger partial charge in [-0.1, -0.05) is 6.92 Å². The molecule has 0 aromatic carbocycles. The Morgan fingerprint density at radius 1 is 1.16 bits per heavy atom. The molecular formula is C15H25N3O. The number of aryl methyl sites for hydroxylation is 1. The Bertz CT molecular complexity index is 456. The van der Waals surface area contributed by atoms with Crippen molar-refractivity contribution in [3.8, 4) is 0 Å². The normalized spacial score (nSPS) is 19.3. The first-order valence-electron chi connectivity index (χ1n) is 7.78. The van der Waals surface area contributed by atoms with Crippen LogP contribution in [0, 0.1) is 11.8 Å². The fourth-order valence-electron chi connectivity index (χ4n) is 3.02. The fourth-order valence-corrected chi connectivity index (χ4v) is 3.02. The van der Waals surface area contributed by atoms with E-state index in [0.29, 0.717) is 0 Å². The van der Waals surface area contributed by atoms with Gasteiger partial charge in [-0.25, -0.2) is 4.79 Å². The van der Waals surface area contributed by atoms with Crippen molar-refractivity contribution in [1.82, 2.24) is 14.5 Å². The van der Waals surface area contributed by atoms with Crippen LogP contribution in [0.2, 0.25) is 0 Å². The number of hydrogen-bond donors (Lipinski definition) is 1. The zero-order chi connectivity index (χ0) is 13.2. The predicted molar refractivity (Wildman–Crippen MR) is 76.2 cm³/mol. The number of hydrogen-bond acceptors (Lipinski definition) is 2. The Morgan fingerprint density at radius 3 is 2.26 bits per heavy atom. The maximum Gasteiger partial charge on any atom is 0.328 e. The Balaban J connectivity index is 1.50. The maximum absolute atomic E-state index is 12.0. The summed E-state index contributed by atoms with van der Waals surface area (Å²) in [6.07, 6.45) is 10.4. The van der Waals surface area contributed by atoms with Crippen LogP contribution in [0.3, 0.4) is 0 Å². The lowest BCUT2D eigenvalue weighted by Crippen LogP contribution is -2.37. The molecule has 4 nitrogen and oxygen atoms in total. The van der Waals surface area contributed by atoms with E-state index < -0.39 is 0 Å². The van der Waals surface area contributed by atoms with E-state index >= 15 is 0 Å². The number of aromatic nitrogens is 2. The highest BCUT2D eigenvalue weighted by Crippen LogP contribution is 2.44. The van der Waals surface area contributed by atoms with Crippen LogP contribution in [0.25, 0.3) is 0 Å². The minimum Gasteiger partial charge on any atom is -0.312 e. The van der Waals surface area contributed by atoms with Crippen molar-refractivity contribution < 1.29 is 0 Å². The molecule has 1 aromatic heterocycles. The first-order valence-corrected chi connectivity index (χ1v) is 7.78. The number of rotatable bonds is 8. The molecule has 4 heteroatoms. The molecular weight excluding hydrogens is 238 g/mol. The molecule has 2 aliphatic rings. The third kappa shape index (κ3) is 3.11. The molecule has 19 heavy (non-hydrogen) atoms. The molecule has 3 rings (SSSR count). The summed E-state index contributed by atoms with van der Waals surface area (Å²) in [7, 11) is 0. The van der Waals surface area contributed by atoms with Gasteiger partial charge in [-0.15, -0.1) is 0 Å². The van der Waals surface area contributed by atoms with Gasteiger partial charge in [0.15, 0.2) is 0 Å². The largest absolute Gasteiger partial charge is 0.328 e. The summed E-state index contributed by atoms with van der Waals surface area (Å²) in [5, 5.41) is 3.69. The van der Waals surface area contributed by atoms with Gasteiger partial charge < -0.3 is 5.32 Å². The highest BCUT2D eigenvalue weighted by Gasteiger charge is 2.40. The highest BCUT2D eigenvalue weighted by molar-refractivity contribution is 4.96. The van der Waals surface area contributed by atoms with E-state index in [-0.39, 0.29) is 5.69 Å². The molecule has 2 aliphatic carbocycles. The van der Waals surface area contributed by atoms with E-state index in [0.717, 1.165) is 43.9 Å². The molecule has 1 aromatic rings. The van der Waals surface area contributed by atoms with Gasteiger partial charge in [0.05, 0.1) is 0 Å². The lowest BCUT2D eigenvalue weighted by atomic mass is 10.1. The molecule has 0 unspecified atom stereocenters. The topological polar surface area (TPSA) is 39.0 Å². The van der Waals surface area contributed by atoms with E-state index in [1.807, 2.05) is 17.0 Å². The number of nitrogens with zero attached hydrogens (tertiary/aromatic N) is 2. The summed E-state index contributed by atoms with van der Waals surface area (Å²) in [4.78, 5) is 12.0. The first kappa shape index (κ1) is 13.0. The Hall–Kier alpha value is -1.03. The molecule has 0 aliphatic heterocycles. The molecule has 2 fully saturated rings. The van der Waals surface area contributed by atoms with Crippen LogP contribution in [-0.2, 0) is 13.1 Å². The summed E-state index contributed by atoms with van der Waals surface area (Å²) in [6, 6.07) is 0.730. The molecule has 106 valence electrons. The summed E-state index contributed by atoms with van der Waals surface area (Å²) >= 11 is 0. The number of imidazole rings is 1. The van der Waals surface area contributed by atoms with Crippen molar-refractivity contribution in [2.24, 2.45) is 11.8 Å². The molecule has 0 radical (unpaired) electrons. The van der Waals surface area contributed by atoms with E-state index in [1.54, 1.807) is 4.57 Å². The Kier molecular flexibility index (Phi) is 3.78. The van der Waals surface area contributed by atoms with Crippen LogP contribution in [0.1, 0.15) is 39.0 Å². The molecule has 0 amide bonds. The van der Waals surface area contributed by atoms with Gasteiger partial charge in [0, 0.05) is 38.1 Å². The van der Waals surface area contributed by atoms with E-state index in [1.165, 1.54) is 25.7 Å². The zero-order valence-electron chi connectivity index (χ0n) is 11.8. The van der Waals surface area contributed by atoms with E-state index in [9.17, 15) is 4.79 Å². The van der Waals surface area contributed by atoms with Crippen molar-refractivity contribution in [3.63, 3.8) is 0 Å². The minimum atomic E-state index is 0.137. The van der Waals surface area contributed by atoms with Crippen LogP contribution in [0.5, 0.6) is 0 Å². The van der Waals surface area contributed by atoms with Crippen LogP contribution in [0.15, 0.2) is 17.2 Å². The second-order valence-corrected chi connectivity index (χ2v) is 6.12. The third-order valence-electron chi connectivity index (χ3n) is 4.37. The molecule has 0 spiro atoms. The van der Waals surface area contributed by atoms with E-state index in [2.05, 4.69) is 12.2 Å². The van der Waals surface area contributed by atoms with Gasteiger partial charge in [-0.2, -0.15) is 0 Å². The van der Waals surface area contributed by atoms with Crippen LogP contribution >= 0.6 is 0 Å². The molecule has 2 saturated carbocycles. The van der Waals surface area contributed by atoms with Crippen LogP contribution in [-0.4, -0.2) is 21.7 Å². The van der Waals surface area contributed by atoms with Gasteiger partial charge in [-0.05, 0) is 43.9 Å². The van der Waals surface area contributed by atoms with Gasteiger partial charge in [0.2, 0.25) is 0 Å². The molecule has 0 saturated heterocycles. The van der Waals surface area contributed by atoms with Gasteiger partial charge in [0.1, 0.15) is 0 Å². The molecule has 1 N–H and O–H groups in total. The Morgan fingerprint density at radius 2 is 1.74 bits per heavy atom. The second-order valence-electron chi connectivity index (χ2n) is 6.12. The monoisotopic (exact) mass is 263 g/mol. The van der Waals surface area contributed by atoms with Crippen molar-refractivity contribution >= 4 is 0 Å². The Labute approximate surface area is 114 Å². The average Bonchev–Trinajstić information content (AvgIpc) is 3.29. The second kappa shape index (κ2) is 5.53. The smallest absolute Gasteiger partial charge is 0.312 e. The summed E-state index contributed by atoms with van der Waals surface area (Å²) < 4.78 is 3.64. The maximum atomic E-state index is 12.0. The SMILES string of the molecule is CCCn1ccn(CCNC(C2CC2)C2CC2)c1=O. The quantitative estimate of drug-likeness (QED) is 0.777. The zero-order valence-corrected chi connectivity index (χ0v) is 11.8. The standard InChI is InChI=1S/C15H25N3O/c1-2-8-17-10-11-18(15(17)19)9-7-16-14(12-3-4-12)13-5-6-13/h10-14,16H,2-9H2,1H3. The van der Waals surface area contributed by atoms with Crippen LogP contribution in [0.4, 0.5) is 0 Å². The number of nitrogens with one attached hydrogen (secondary N) is 1. The lowest BCUT2D eigenvalue weighted by molar-refractivity contribution is 0.404. The van der Waals surface area contributed by atoms with Crippen LogP contribution < -0.4 is 11.0 Å². The summed E-state index contributed by atoms with van der Waals surface area (Å²) in [5.74, 6) is 1.85. The van der Waals surface area contributed by atoms with Crippen molar-refractivity contribution in [2.45, 2.75) is 58.2 Å². The van der Waals surface area contributed by atoms with Gasteiger partial charge in [0.25, 0.3) is 0 Å². The minimum absolute atomic E-state index is 0.137. The molecule has 0 bridgehead atoms. The average molecular weight is 263 g/mol. The molecule has 0 atom stereocenters. The van der Waals surface area contributed by atoms with Crippen molar-refractivity contribution in [1.29, 1.82) is 0 Å². The van der Waals surface area contributed by atoms with Crippen molar-refractivity contribution in [3.05, 3.63) is 22.9 Å². The van der Waals surface area contributed by atoms with Crippen molar-refractivity contribution in [2.75, 3.05) is 6.54 Å². The third-order valence-corrected chi connectivity index (χ3v) is 4.37. The van der Waals surface area contributed by atoms with E-state index in [4.69, 9.17) is 0 Å².